The maximum absolute atomic E-state index is 12.4. The third-order valence-electron chi connectivity index (χ3n) is 1.13. The third-order valence-corrected chi connectivity index (χ3v) is 1.13. The molecular formula is C7H10F4. The molecule has 0 heterocycles. The van der Waals surface area contributed by atoms with Gasteiger partial charge in [-0.3, -0.25) is 0 Å². The Morgan fingerprint density at radius 1 is 1.45 bits per heavy atom. The van der Waals surface area contributed by atoms with Crippen LogP contribution in [0.25, 0.3) is 0 Å². The molecule has 0 aliphatic heterocycles. The van der Waals surface area contributed by atoms with Gasteiger partial charge < -0.3 is 0 Å². The normalized spacial score (nSPS) is 14.5. The van der Waals surface area contributed by atoms with Crippen molar-refractivity contribution in [3.8, 4) is 0 Å². The van der Waals surface area contributed by atoms with E-state index in [1.807, 2.05) is 0 Å². The van der Waals surface area contributed by atoms with Gasteiger partial charge in [0.25, 0.3) is 5.92 Å². The molecule has 4 heteroatoms. The van der Waals surface area contributed by atoms with Crippen molar-refractivity contribution >= 4 is 0 Å². The average molecular weight is 170 g/mol. The minimum atomic E-state index is -3.16. The Kier molecular flexibility index (Phi) is 4.15. The van der Waals surface area contributed by atoms with Crippen molar-refractivity contribution in [2.75, 3.05) is 6.67 Å². The van der Waals surface area contributed by atoms with Crippen molar-refractivity contribution in [2.45, 2.75) is 24.9 Å². The van der Waals surface area contributed by atoms with Gasteiger partial charge >= 0.3 is 0 Å². The van der Waals surface area contributed by atoms with Gasteiger partial charge in [-0.25, -0.2) is 17.6 Å². The van der Waals surface area contributed by atoms with Crippen molar-refractivity contribution < 1.29 is 17.6 Å². The van der Waals surface area contributed by atoms with Gasteiger partial charge in [-0.2, -0.15) is 0 Å². The summed E-state index contributed by atoms with van der Waals surface area (Å²) in [5.41, 5.74) is 0. The maximum atomic E-state index is 12.4. The second-order valence-electron chi connectivity index (χ2n) is 2.30. The molecule has 0 radical (unpaired) electrons. The van der Waals surface area contributed by atoms with E-state index in [1.54, 1.807) is 0 Å². The summed E-state index contributed by atoms with van der Waals surface area (Å²) in [5.74, 6) is -3.16. The highest BCUT2D eigenvalue weighted by atomic mass is 19.3. The molecule has 0 fully saturated rings. The zero-order valence-corrected chi connectivity index (χ0v) is 5.99. The summed E-state index contributed by atoms with van der Waals surface area (Å²) in [7, 11) is 0. The molecule has 11 heavy (non-hydrogen) atoms. The van der Waals surface area contributed by atoms with E-state index in [0.717, 1.165) is 6.08 Å². The predicted octanol–water partition coefficient (Wildman–Crippen LogP) is 2.90. The first-order chi connectivity index (χ1) is 5.02. The fourth-order valence-electron chi connectivity index (χ4n) is 0.673. The van der Waals surface area contributed by atoms with E-state index in [-0.39, 0.29) is 0 Å². The third kappa shape index (κ3) is 4.81. The second-order valence-corrected chi connectivity index (χ2v) is 2.30. The molecule has 1 atom stereocenters. The van der Waals surface area contributed by atoms with Crippen LogP contribution in [0.15, 0.2) is 12.7 Å². The summed E-state index contributed by atoms with van der Waals surface area (Å²) in [6.07, 6.45) is -2.74. The Hall–Kier alpha value is -0.540. The van der Waals surface area contributed by atoms with E-state index in [9.17, 15) is 17.6 Å². The van der Waals surface area contributed by atoms with Crippen LogP contribution in [-0.2, 0) is 0 Å². The second kappa shape index (κ2) is 4.36. The van der Waals surface area contributed by atoms with E-state index in [4.69, 9.17) is 0 Å². The highest BCUT2D eigenvalue weighted by Crippen LogP contribution is 2.25. The summed E-state index contributed by atoms with van der Waals surface area (Å²) in [6.45, 7) is 1.73. The van der Waals surface area contributed by atoms with E-state index >= 15 is 0 Å². The molecule has 0 rings (SSSR count). The van der Waals surface area contributed by atoms with Crippen LogP contribution in [0.5, 0.6) is 0 Å². The fraction of sp³-hybridized carbons (Fsp3) is 0.714. The Morgan fingerprint density at radius 2 is 2.00 bits per heavy atom. The van der Waals surface area contributed by atoms with Crippen LogP contribution in [0, 0.1) is 0 Å². The predicted molar refractivity (Wildman–Crippen MR) is 35.2 cm³/mol. The van der Waals surface area contributed by atoms with Crippen LogP contribution in [-0.4, -0.2) is 18.8 Å². The summed E-state index contributed by atoms with van der Waals surface area (Å²) in [5, 5.41) is 0. The number of hydrogen-bond acceptors (Lipinski definition) is 0. The SMILES string of the molecule is C=CCC(F)(F)CC(F)CF. The van der Waals surface area contributed by atoms with Crippen molar-refractivity contribution in [3.05, 3.63) is 12.7 Å². The summed E-state index contributed by atoms with van der Waals surface area (Å²) in [6, 6.07) is 0. The Labute approximate surface area is 62.9 Å². The Balaban J connectivity index is 3.79. The van der Waals surface area contributed by atoms with Crippen LogP contribution in [0.4, 0.5) is 17.6 Å². The summed E-state index contributed by atoms with van der Waals surface area (Å²) in [4.78, 5) is 0. The molecule has 0 aromatic heterocycles. The smallest absolute Gasteiger partial charge is 0.248 e. The molecule has 0 amide bonds. The minimum Gasteiger partial charge on any atom is -0.248 e. The number of rotatable bonds is 5. The van der Waals surface area contributed by atoms with Crippen molar-refractivity contribution in [3.63, 3.8) is 0 Å². The number of hydrogen-bond donors (Lipinski definition) is 0. The molecule has 66 valence electrons. The van der Waals surface area contributed by atoms with Gasteiger partial charge in [-0.1, -0.05) is 6.08 Å². The van der Waals surface area contributed by atoms with Crippen LogP contribution in [0.1, 0.15) is 12.8 Å². The number of halogens is 4. The van der Waals surface area contributed by atoms with Gasteiger partial charge in [0.05, 0.1) is 0 Å². The van der Waals surface area contributed by atoms with E-state index in [0.29, 0.717) is 0 Å². The largest absolute Gasteiger partial charge is 0.254 e. The van der Waals surface area contributed by atoms with E-state index < -0.39 is 31.6 Å². The quantitative estimate of drug-likeness (QED) is 0.439. The lowest BCUT2D eigenvalue weighted by Crippen LogP contribution is -2.21. The molecule has 1 unspecified atom stereocenters. The Morgan fingerprint density at radius 3 is 2.36 bits per heavy atom. The molecule has 0 aromatic carbocycles. The van der Waals surface area contributed by atoms with E-state index in [2.05, 4.69) is 6.58 Å². The highest BCUT2D eigenvalue weighted by Gasteiger charge is 2.31. The standard InChI is InChI=1S/C7H10F4/c1-2-3-7(10,11)4-6(9)5-8/h2,6H,1,3-5H2. The monoisotopic (exact) mass is 170 g/mol. The number of allylic oxidation sites excluding steroid dienone is 1. The van der Waals surface area contributed by atoms with Crippen LogP contribution < -0.4 is 0 Å². The average Bonchev–Trinajstić information content (AvgIpc) is 1.86. The maximum Gasteiger partial charge on any atom is 0.254 e. The van der Waals surface area contributed by atoms with Crippen molar-refractivity contribution in [1.29, 1.82) is 0 Å². The lowest BCUT2D eigenvalue weighted by atomic mass is 10.1. The zero-order valence-electron chi connectivity index (χ0n) is 5.99. The molecule has 0 aromatic rings. The first kappa shape index (κ1) is 10.5. The van der Waals surface area contributed by atoms with Crippen molar-refractivity contribution in [1.82, 2.24) is 0 Å². The first-order valence-corrected chi connectivity index (χ1v) is 3.20. The van der Waals surface area contributed by atoms with Crippen LogP contribution in [0.3, 0.4) is 0 Å². The molecule has 0 nitrogen and oxygen atoms in total. The first-order valence-electron chi connectivity index (χ1n) is 3.20. The summed E-state index contributed by atoms with van der Waals surface area (Å²) >= 11 is 0. The molecule has 0 spiro atoms. The van der Waals surface area contributed by atoms with Gasteiger partial charge in [-0.05, 0) is 0 Å². The summed E-state index contributed by atoms with van der Waals surface area (Å²) < 4.78 is 48.3. The lowest BCUT2D eigenvalue weighted by molar-refractivity contribution is -0.0283. The molecule has 0 aliphatic rings. The van der Waals surface area contributed by atoms with Gasteiger partial charge in [0.1, 0.15) is 12.8 Å². The van der Waals surface area contributed by atoms with Gasteiger partial charge in [-0.15, -0.1) is 6.58 Å². The molecule has 0 aliphatic carbocycles. The lowest BCUT2D eigenvalue weighted by Gasteiger charge is -2.14. The molecule has 0 saturated heterocycles. The minimum absolute atomic E-state index is 0.604. The van der Waals surface area contributed by atoms with Crippen molar-refractivity contribution in [2.24, 2.45) is 0 Å². The topological polar surface area (TPSA) is 0 Å². The van der Waals surface area contributed by atoms with Gasteiger partial charge in [0.15, 0.2) is 0 Å². The van der Waals surface area contributed by atoms with Crippen LogP contribution >= 0.6 is 0 Å². The van der Waals surface area contributed by atoms with Gasteiger partial charge in [0, 0.05) is 12.8 Å². The fourth-order valence-corrected chi connectivity index (χ4v) is 0.673. The zero-order chi connectivity index (χ0) is 8.91. The van der Waals surface area contributed by atoms with Crippen LogP contribution in [0.2, 0.25) is 0 Å². The molecular weight excluding hydrogens is 160 g/mol. The van der Waals surface area contributed by atoms with E-state index in [1.165, 1.54) is 0 Å². The van der Waals surface area contributed by atoms with Gasteiger partial charge in [0.2, 0.25) is 0 Å². The highest BCUT2D eigenvalue weighted by molar-refractivity contribution is 4.80. The molecule has 0 N–H and O–H groups in total. The molecule has 0 saturated carbocycles. The number of alkyl halides is 4. The Bertz CT molecular complexity index is 122. The molecule has 0 bridgehead atoms.